The van der Waals surface area contributed by atoms with Gasteiger partial charge in [0.25, 0.3) is 0 Å². The van der Waals surface area contributed by atoms with E-state index in [1.54, 1.807) is 30.3 Å². The van der Waals surface area contributed by atoms with E-state index in [0.29, 0.717) is 12.1 Å². The quantitative estimate of drug-likeness (QED) is 0.196. The summed E-state index contributed by atoms with van der Waals surface area (Å²) in [4.78, 5) is 19.0. The topological polar surface area (TPSA) is 101 Å². The number of amides is 1. The molecule has 5 rings (SSSR count). The number of hydrogen-bond acceptors (Lipinski definition) is 6. The Bertz CT molecular complexity index is 1800. The lowest BCUT2D eigenvalue weighted by Gasteiger charge is -2.16. The number of nitrogens with two attached hydrogens (primary N) is 1. The number of aromatic nitrogens is 3. The second-order valence-corrected chi connectivity index (χ2v) is 9.16. The molecule has 0 saturated heterocycles. The van der Waals surface area contributed by atoms with Gasteiger partial charge in [0, 0.05) is 29.4 Å². The van der Waals surface area contributed by atoms with Crippen LogP contribution in [0.2, 0.25) is 0 Å². The number of hydrogen-bond donors (Lipinski definition) is 1. The van der Waals surface area contributed by atoms with E-state index in [9.17, 15) is 18.0 Å². The Kier molecular flexibility index (Phi) is 7.85. The Morgan fingerprint density at radius 3 is 2.26 bits per heavy atom. The molecule has 0 aliphatic carbocycles. The summed E-state index contributed by atoms with van der Waals surface area (Å²) in [5.41, 5.74) is 4.57. The van der Waals surface area contributed by atoms with Gasteiger partial charge in [-0.3, -0.25) is 0 Å². The molecule has 0 aliphatic heterocycles. The van der Waals surface area contributed by atoms with Crippen molar-refractivity contribution in [1.29, 1.82) is 0 Å². The van der Waals surface area contributed by atoms with Gasteiger partial charge in [0.1, 0.15) is 35.8 Å². The number of benzene rings is 3. The van der Waals surface area contributed by atoms with E-state index in [1.165, 1.54) is 19.1 Å². The number of carbonyl (C=O) groups excluding carboxylic acids is 1. The summed E-state index contributed by atoms with van der Waals surface area (Å²) in [7, 11) is 0. The Labute approximate surface area is 239 Å². The van der Waals surface area contributed by atoms with Gasteiger partial charge in [-0.25, -0.2) is 22.9 Å². The minimum absolute atomic E-state index is 0.0248. The molecule has 0 bridgehead atoms. The number of fused-ring (bicyclic) bond motifs is 1. The number of primary amides is 1. The molecule has 0 radical (unpaired) electrons. The number of nitrogens with zero attached hydrogens (tertiary/aromatic N) is 3. The van der Waals surface area contributed by atoms with Crippen LogP contribution < -0.4 is 19.9 Å². The van der Waals surface area contributed by atoms with E-state index in [2.05, 4.69) is 14.7 Å². The van der Waals surface area contributed by atoms with Gasteiger partial charge in [0.15, 0.2) is 18.2 Å². The lowest BCUT2D eigenvalue weighted by Crippen LogP contribution is -2.20. The first-order chi connectivity index (χ1) is 20.4. The third-order valence-electron chi connectivity index (χ3n) is 6.20. The highest BCUT2D eigenvalue weighted by Gasteiger charge is 2.31. The van der Waals surface area contributed by atoms with Crippen molar-refractivity contribution in [3.05, 3.63) is 95.6 Å². The van der Waals surface area contributed by atoms with Gasteiger partial charge in [-0.1, -0.05) is 30.3 Å². The molecule has 0 fully saturated rings. The predicted octanol–water partition coefficient (Wildman–Crippen LogP) is 6.79. The molecule has 0 spiro atoms. The van der Waals surface area contributed by atoms with Crippen LogP contribution in [0.5, 0.6) is 17.4 Å². The fraction of sp³-hybridized carbons (Fsp3) is 0.138. The SMILES string of the molecule is Cc1c(-c2c(F)cc(OC(N)=O)cc2F)n(-c2ccc(OCc3ccccc3)c(F)c2)c2c(OCC(F)(F)F)ncnc12. The molecule has 0 saturated carbocycles. The van der Waals surface area contributed by atoms with E-state index in [-0.39, 0.29) is 40.3 Å². The molecule has 222 valence electrons. The zero-order chi connectivity index (χ0) is 30.9. The van der Waals surface area contributed by atoms with E-state index in [0.717, 1.165) is 22.5 Å². The van der Waals surface area contributed by atoms with E-state index < -0.39 is 53.5 Å². The molecule has 43 heavy (non-hydrogen) atoms. The summed E-state index contributed by atoms with van der Waals surface area (Å²) in [6, 6.07) is 13.9. The summed E-state index contributed by atoms with van der Waals surface area (Å²) in [6.07, 6.45) is -5.14. The minimum atomic E-state index is -4.75. The highest BCUT2D eigenvalue weighted by atomic mass is 19.4. The minimum Gasteiger partial charge on any atom is -0.486 e. The smallest absolute Gasteiger partial charge is 0.422 e. The average Bonchev–Trinajstić information content (AvgIpc) is 3.23. The number of rotatable bonds is 8. The van der Waals surface area contributed by atoms with Crippen molar-refractivity contribution in [3.8, 4) is 34.3 Å². The monoisotopic (exact) mass is 602 g/mol. The normalized spacial score (nSPS) is 11.5. The maximum absolute atomic E-state index is 15.5. The number of carbonyl (C=O) groups is 1. The van der Waals surface area contributed by atoms with Crippen molar-refractivity contribution in [2.75, 3.05) is 6.61 Å². The lowest BCUT2D eigenvalue weighted by atomic mass is 10.1. The molecule has 2 N–H and O–H groups in total. The van der Waals surface area contributed by atoms with Crippen LogP contribution in [0.1, 0.15) is 11.1 Å². The Balaban J connectivity index is 1.70. The maximum Gasteiger partial charge on any atom is 0.422 e. The van der Waals surface area contributed by atoms with Crippen LogP contribution in [-0.2, 0) is 6.61 Å². The molecule has 0 atom stereocenters. The Hall–Kier alpha value is -5.27. The van der Waals surface area contributed by atoms with Gasteiger partial charge in [0.2, 0.25) is 5.88 Å². The summed E-state index contributed by atoms with van der Waals surface area (Å²) in [5.74, 6) is -4.59. The van der Waals surface area contributed by atoms with Crippen LogP contribution >= 0.6 is 0 Å². The number of aryl methyl sites for hydroxylation is 1. The molecule has 8 nitrogen and oxygen atoms in total. The fourth-order valence-electron chi connectivity index (χ4n) is 4.48. The summed E-state index contributed by atoms with van der Waals surface area (Å²) in [6.45, 7) is -0.288. The molecule has 5 aromatic rings. The van der Waals surface area contributed by atoms with Crippen LogP contribution in [-0.4, -0.2) is 33.4 Å². The van der Waals surface area contributed by atoms with Crippen molar-refractivity contribution in [1.82, 2.24) is 14.5 Å². The number of halogens is 6. The first-order valence-electron chi connectivity index (χ1n) is 12.4. The Morgan fingerprint density at radius 1 is 0.930 bits per heavy atom. The number of ether oxygens (including phenoxy) is 3. The largest absolute Gasteiger partial charge is 0.486 e. The zero-order valence-electron chi connectivity index (χ0n) is 22.1. The van der Waals surface area contributed by atoms with Gasteiger partial charge in [-0.2, -0.15) is 18.2 Å². The van der Waals surface area contributed by atoms with Crippen molar-refractivity contribution >= 4 is 17.1 Å². The molecular weight excluding hydrogens is 582 g/mol. The predicted molar refractivity (Wildman–Crippen MR) is 141 cm³/mol. The van der Waals surface area contributed by atoms with Crippen molar-refractivity contribution in [3.63, 3.8) is 0 Å². The number of alkyl halides is 3. The maximum atomic E-state index is 15.5. The van der Waals surface area contributed by atoms with Gasteiger partial charge in [-0.05, 0) is 24.6 Å². The van der Waals surface area contributed by atoms with Crippen LogP contribution in [0.25, 0.3) is 28.0 Å². The molecule has 14 heteroatoms. The van der Waals surface area contributed by atoms with Gasteiger partial charge < -0.3 is 24.5 Å². The molecule has 2 heterocycles. The van der Waals surface area contributed by atoms with Gasteiger partial charge >= 0.3 is 12.3 Å². The molecule has 0 aliphatic rings. The molecule has 3 aromatic carbocycles. The van der Waals surface area contributed by atoms with Crippen LogP contribution in [0, 0.1) is 24.4 Å². The highest BCUT2D eigenvalue weighted by Crippen LogP contribution is 2.41. The molecule has 1 amide bonds. The van der Waals surface area contributed by atoms with E-state index >= 15 is 13.2 Å². The molecule has 0 unspecified atom stereocenters. The third kappa shape index (κ3) is 6.17. The molecule has 2 aromatic heterocycles. The standard InChI is InChI=1S/C29H20F6N4O4/c1-15-24-26(27(38-14-37-24)42-13-29(33,34)35)39(25(15)23-20(31)10-18(11-21(23)32)43-28(36)40)17-7-8-22(19(30)9-17)41-12-16-5-3-2-4-6-16/h2-11,14H,12-13H2,1H3,(H2,36,40). The third-order valence-corrected chi connectivity index (χ3v) is 6.20. The van der Waals surface area contributed by atoms with E-state index in [1.807, 2.05) is 0 Å². The Morgan fingerprint density at radius 2 is 1.63 bits per heavy atom. The van der Waals surface area contributed by atoms with Gasteiger partial charge in [-0.15, -0.1) is 0 Å². The summed E-state index contributed by atoms with van der Waals surface area (Å²) >= 11 is 0. The summed E-state index contributed by atoms with van der Waals surface area (Å²) < 4.78 is 102. The fourth-order valence-corrected chi connectivity index (χ4v) is 4.48. The highest BCUT2D eigenvalue weighted by molar-refractivity contribution is 5.93. The first-order valence-corrected chi connectivity index (χ1v) is 12.4. The van der Waals surface area contributed by atoms with Crippen molar-refractivity contribution in [2.24, 2.45) is 5.73 Å². The summed E-state index contributed by atoms with van der Waals surface area (Å²) in [5, 5.41) is 0. The average molecular weight is 602 g/mol. The van der Waals surface area contributed by atoms with Crippen LogP contribution in [0.15, 0.2) is 67.0 Å². The van der Waals surface area contributed by atoms with Crippen LogP contribution in [0.3, 0.4) is 0 Å². The lowest BCUT2D eigenvalue weighted by molar-refractivity contribution is -0.153. The zero-order valence-corrected chi connectivity index (χ0v) is 22.1. The van der Waals surface area contributed by atoms with Gasteiger partial charge in [0.05, 0.1) is 16.8 Å². The first kappa shape index (κ1) is 29.2. The van der Waals surface area contributed by atoms with Crippen LogP contribution in [0.4, 0.5) is 31.1 Å². The van der Waals surface area contributed by atoms with Crippen molar-refractivity contribution in [2.45, 2.75) is 19.7 Å². The van der Waals surface area contributed by atoms with E-state index in [4.69, 9.17) is 15.2 Å². The van der Waals surface area contributed by atoms with Crippen molar-refractivity contribution < 1.29 is 45.3 Å². The second kappa shape index (κ2) is 11.5. The second-order valence-electron chi connectivity index (χ2n) is 9.16. The molecular formula is C29H20F6N4O4.